The van der Waals surface area contributed by atoms with E-state index < -0.39 is 36.2 Å². The van der Waals surface area contributed by atoms with Crippen molar-refractivity contribution in [2.45, 2.75) is 19.4 Å². The van der Waals surface area contributed by atoms with Gasteiger partial charge in [0.25, 0.3) is 5.91 Å². The molecule has 1 rings (SSSR count). The summed E-state index contributed by atoms with van der Waals surface area (Å²) in [4.78, 5) is 44.7. The van der Waals surface area contributed by atoms with E-state index in [1.807, 2.05) is 0 Å². The number of primary amides is 1. The molecular formula is C13H15N3O5. The third kappa shape index (κ3) is 4.94. The first-order chi connectivity index (χ1) is 9.81. The minimum absolute atomic E-state index is 0.134. The molecule has 0 aliphatic rings. The van der Waals surface area contributed by atoms with E-state index in [-0.39, 0.29) is 11.3 Å². The van der Waals surface area contributed by atoms with Crippen LogP contribution in [-0.2, 0) is 14.4 Å². The lowest BCUT2D eigenvalue weighted by Gasteiger charge is -2.14. The van der Waals surface area contributed by atoms with Crippen LogP contribution >= 0.6 is 0 Å². The van der Waals surface area contributed by atoms with Gasteiger partial charge in [0.2, 0.25) is 11.8 Å². The van der Waals surface area contributed by atoms with Crippen LogP contribution in [-0.4, -0.2) is 34.8 Å². The molecule has 112 valence electrons. The average Bonchev–Trinajstić information content (AvgIpc) is 2.37. The topological polar surface area (TPSA) is 139 Å². The molecule has 1 aromatic carbocycles. The van der Waals surface area contributed by atoms with Gasteiger partial charge in [-0.3, -0.25) is 19.2 Å². The summed E-state index contributed by atoms with van der Waals surface area (Å²) in [7, 11) is 0. The van der Waals surface area contributed by atoms with Crippen molar-refractivity contribution in [1.82, 2.24) is 5.32 Å². The molecule has 5 N–H and O–H groups in total. The van der Waals surface area contributed by atoms with E-state index >= 15 is 0 Å². The molecule has 0 aliphatic carbocycles. The van der Waals surface area contributed by atoms with Crippen LogP contribution in [0.5, 0.6) is 0 Å². The van der Waals surface area contributed by atoms with Gasteiger partial charge in [-0.2, -0.15) is 0 Å². The Bertz CT molecular complexity index is 585. The molecule has 1 aromatic rings. The average molecular weight is 293 g/mol. The van der Waals surface area contributed by atoms with Crippen molar-refractivity contribution in [2.75, 3.05) is 5.32 Å². The fraction of sp³-hybridized carbons (Fsp3) is 0.231. The third-order valence-corrected chi connectivity index (χ3v) is 2.53. The Morgan fingerprint density at radius 2 is 1.86 bits per heavy atom. The SMILES string of the molecule is C[C@@H](NC(=O)CC(=O)O)C(=O)Nc1ccccc1C(N)=O. The summed E-state index contributed by atoms with van der Waals surface area (Å²) in [5.41, 5.74) is 5.53. The molecule has 21 heavy (non-hydrogen) atoms. The van der Waals surface area contributed by atoms with Gasteiger partial charge in [0.1, 0.15) is 12.5 Å². The number of nitrogens with two attached hydrogens (primary N) is 1. The summed E-state index contributed by atoms with van der Waals surface area (Å²) in [5, 5.41) is 13.1. The number of para-hydroxylation sites is 1. The van der Waals surface area contributed by atoms with Crippen molar-refractivity contribution in [3.63, 3.8) is 0 Å². The Balaban J connectivity index is 2.71. The zero-order valence-electron chi connectivity index (χ0n) is 11.3. The van der Waals surface area contributed by atoms with Crippen molar-refractivity contribution < 1.29 is 24.3 Å². The molecule has 8 heteroatoms. The zero-order chi connectivity index (χ0) is 16.0. The number of carbonyl (C=O) groups excluding carboxylic acids is 3. The largest absolute Gasteiger partial charge is 0.481 e. The molecular weight excluding hydrogens is 278 g/mol. The molecule has 0 fully saturated rings. The lowest BCUT2D eigenvalue weighted by molar-refractivity contribution is -0.141. The monoisotopic (exact) mass is 293 g/mol. The van der Waals surface area contributed by atoms with Crippen molar-refractivity contribution in [3.8, 4) is 0 Å². The van der Waals surface area contributed by atoms with Gasteiger partial charge in [0.05, 0.1) is 11.3 Å². The molecule has 3 amide bonds. The minimum atomic E-state index is -1.29. The number of hydrogen-bond acceptors (Lipinski definition) is 4. The van der Waals surface area contributed by atoms with Gasteiger partial charge in [0.15, 0.2) is 0 Å². The van der Waals surface area contributed by atoms with E-state index in [1.165, 1.54) is 19.1 Å². The zero-order valence-corrected chi connectivity index (χ0v) is 11.3. The van der Waals surface area contributed by atoms with Crippen LogP contribution in [0.2, 0.25) is 0 Å². The highest BCUT2D eigenvalue weighted by Crippen LogP contribution is 2.14. The Labute approximate surface area is 120 Å². The van der Waals surface area contributed by atoms with E-state index in [2.05, 4.69) is 10.6 Å². The fourth-order valence-corrected chi connectivity index (χ4v) is 1.54. The Morgan fingerprint density at radius 3 is 2.43 bits per heavy atom. The van der Waals surface area contributed by atoms with Gasteiger partial charge in [0, 0.05) is 0 Å². The van der Waals surface area contributed by atoms with Gasteiger partial charge in [-0.1, -0.05) is 12.1 Å². The number of hydrogen-bond donors (Lipinski definition) is 4. The molecule has 0 radical (unpaired) electrons. The molecule has 0 aromatic heterocycles. The van der Waals surface area contributed by atoms with E-state index in [9.17, 15) is 19.2 Å². The number of aliphatic carboxylic acids is 1. The fourth-order valence-electron chi connectivity index (χ4n) is 1.54. The molecule has 0 saturated heterocycles. The highest BCUT2D eigenvalue weighted by atomic mass is 16.4. The number of anilines is 1. The lowest BCUT2D eigenvalue weighted by Crippen LogP contribution is -2.42. The van der Waals surface area contributed by atoms with Gasteiger partial charge < -0.3 is 21.5 Å². The van der Waals surface area contributed by atoms with Crippen molar-refractivity contribution >= 4 is 29.4 Å². The van der Waals surface area contributed by atoms with Gasteiger partial charge >= 0.3 is 5.97 Å². The second-order valence-corrected chi connectivity index (χ2v) is 4.26. The number of carbonyl (C=O) groups is 4. The predicted molar refractivity (Wildman–Crippen MR) is 73.4 cm³/mol. The van der Waals surface area contributed by atoms with Gasteiger partial charge in [-0.25, -0.2) is 0 Å². The first-order valence-electron chi connectivity index (χ1n) is 6.02. The first-order valence-corrected chi connectivity index (χ1v) is 6.02. The van der Waals surface area contributed by atoms with Crippen LogP contribution in [0, 0.1) is 0 Å². The predicted octanol–water partition coefficient (Wildman–Crippen LogP) is -0.297. The summed E-state index contributed by atoms with van der Waals surface area (Å²) >= 11 is 0. The molecule has 1 atom stereocenters. The third-order valence-electron chi connectivity index (χ3n) is 2.53. The number of benzene rings is 1. The standard InChI is InChI=1S/C13H15N3O5/c1-7(15-10(17)6-11(18)19)13(21)16-9-5-3-2-4-8(9)12(14)20/h2-5,7H,6H2,1H3,(H2,14,20)(H,15,17)(H,16,21)(H,18,19)/t7-/m1/s1. The first kappa shape index (κ1) is 16.2. The highest BCUT2D eigenvalue weighted by Gasteiger charge is 2.18. The molecule has 0 heterocycles. The van der Waals surface area contributed by atoms with Crippen LogP contribution in [0.25, 0.3) is 0 Å². The quantitative estimate of drug-likeness (QED) is 0.533. The Morgan fingerprint density at radius 1 is 1.24 bits per heavy atom. The molecule has 0 unspecified atom stereocenters. The summed E-state index contributed by atoms with van der Waals surface area (Å²) < 4.78 is 0. The van der Waals surface area contributed by atoms with Crippen LogP contribution in [0.1, 0.15) is 23.7 Å². The maximum Gasteiger partial charge on any atom is 0.312 e. The van der Waals surface area contributed by atoms with Crippen LogP contribution < -0.4 is 16.4 Å². The lowest BCUT2D eigenvalue weighted by atomic mass is 10.1. The van der Waals surface area contributed by atoms with Crippen LogP contribution in [0.4, 0.5) is 5.69 Å². The molecule has 0 saturated carbocycles. The molecule has 0 bridgehead atoms. The van der Waals surface area contributed by atoms with Gasteiger partial charge in [-0.15, -0.1) is 0 Å². The van der Waals surface area contributed by atoms with E-state index in [0.29, 0.717) is 0 Å². The van der Waals surface area contributed by atoms with Crippen LogP contribution in [0.15, 0.2) is 24.3 Å². The number of carboxylic acids is 1. The number of carboxylic acid groups (broad SMARTS) is 1. The van der Waals surface area contributed by atoms with E-state index in [4.69, 9.17) is 10.8 Å². The summed E-state index contributed by atoms with van der Waals surface area (Å²) in [6.45, 7) is 1.39. The minimum Gasteiger partial charge on any atom is -0.481 e. The van der Waals surface area contributed by atoms with Gasteiger partial charge in [-0.05, 0) is 19.1 Å². The summed E-state index contributed by atoms with van der Waals surface area (Å²) in [5.74, 6) is -3.37. The maximum absolute atomic E-state index is 11.9. The number of amides is 3. The van der Waals surface area contributed by atoms with Crippen molar-refractivity contribution in [2.24, 2.45) is 5.73 Å². The second kappa shape index (κ2) is 7.04. The smallest absolute Gasteiger partial charge is 0.312 e. The maximum atomic E-state index is 11.9. The van der Waals surface area contributed by atoms with E-state index in [1.54, 1.807) is 12.1 Å². The number of rotatable bonds is 6. The Kier molecular flexibility index (Phi) is 5.41. The number of nitrogens with one attached hydrogen (secondary N) is 2. The van der Waals surface area contributed by atoms with Crippen LogP contribution in [0.3, 0.4) is 0 Å². The molecule has 0 spiro atoms. The summed E-state index contributed by atoms with van der Waals surface area (Å²) in [6.07, 6.45) is -0.727. The second-order valence-electron chi connectivity index (χ2n) is 4.26. The highest BCUT2D eigenvalue weighted by molar-refractivity contribution is 6.05. The normalized spacial score (nSPS) is 11.3. The van der Waals surface area contributed by atoms with Crippen molar-refractivity contribution in [1.29, 1.82) is 0 Å². The molecule has 0 aliphatic heterocycles. The van der Waals surface area contributed by atoms with Crippen molar-refractivity contribution in [3.05, 3.63) is 29.8 Å². The van der Waals surface area contributed by atoms with E-state index in [0.717, 1.165) is 0 Å². The molecule has 8 nitrogen and oxygen atoms in total. The summed E-state index contributed by atoms with van der Waals surface area (Å²) in [6, 6.07) is 5.18. The Hall–Kier alpha value is -2.90.